The number of hydrogen-bond acceptors (Lipinski definition) is 6. The standard InChI is InChI=1S/C30H21ClN4O4/c1-18-25(30(37)35(34-18)22-7-3-5-19(13-22)17-32)16-24-10-12-28(39-24)20-9-11-27(31)26(14-20)29(36)33-21-6-4-8-23(15-21)38-2/h3-16H,1-2H3,(H,33,36). The van der Waals surface area contributed by atoms with Gasteiger partial charge in [0, 0.05) is 17.3 Å². The number of carbonyl (C=O) groups excluding carboxylic acids is 2. The smallest absolute Gasteiger partial charge is 0.280 e. The van der Waals surface area contributed by atoms with Crippen molar-refractivity contribution in [1.29, 1.82) is 5.26 Å². The number of amides is 2. The first-order valence-electron chi connectivity index (χ1n) is 11.8. The van der Waals surface area contributed by atoms with E-state index in [4.69, 9.17) is 26.0 Å². The van der Waals surface area contributed by atoms with Gasteiger partial charge in [-0.2, -0.15) is 15.4 Å². The van der Waals surface area contributed by atoms with Gasteiger partial charge >= 0.3 is 0 Å². The fourth-order valence-electron chi connectivity index (χ4n) is 4.05. The molecule has 2 heterocycles. The number of methoxy groups -OCH3 is 1. The Hall–Kier alpha value is -5.13. The highest BCUT2D eigenvalue weighted by Crippen LogP contribution is 2.30. The van der Waals surface area contributed by atoms with Gasteiger partial charge in [-0.3, -0.25) is 9.59 Å². The van der Waals surface area contributed by atoms with E-state index in [0.29, 0.717) is 51.1 Å². The molecule has 1 N–H and O–H groups in total. The average molecular weight is 537 g/mol. The zero-order valence-corrected chi connectivity index (χ0v) is 21.7. The van der Waals surface area contributed by atoms with Crippen molar-refractivity contribution in [3.8, 4) is 23.1 Å². The van der Waals surface area contributed by atoms with Crippen LogP contribution in [0.5, 0.6) is 5.75 Å². The van der Waals surface area contributed by atoms with Crippen molar-refractivity contribution in [2.24, 2.45) is 5.10 Å². The van der Waals surface area contributed by atoms with Crippen LogP contribution >= 0.6 is 11.6 Å². The third-order valence-electron chi connectivity index (χ3n) is 6.02. The summed E-state index contributed by atoms with van der Waals surface area (Å²) in [6.07, 6.45) is 1.62. The Labute approximate surface area is 229 Å². The fourth-order valence-corrected chi connectivity index (χ4v) is 4.25. The Balaban J connectivity index is 1.37. The van der Waals surface area contributed by atoms with Gasteiger partial charge in [0.25, 0.3) is 11.8 Å². The molecule has 1 aromatic heterocycles. The van der Waals surface area contributed by atoms with Crippen LogP contribution in [0.4, 0.5) is 11.4 Å². The van der Waals surface area contributed by atoms with E-state index < -0.39 is 0 Å². The van der Waals surface area contributed by atoms with Gasteiger partial charge in [-0.15, -0.1) is 0 Å². The predicted molar refractivity (Wildman–Crippen MR) is 150 cm³/mol. The third-order valence-corrected chi connectivity index (χ3v) is 6.35. The topological polar surface area (TPSA) is 108 Å². The number of hydrogen-bond donors (Lipinski definition) is 1. The molecule has 0 radical (unpaired) electrons. The minimum atomic E-state index is -0.382. The number of furan rings is 1. The van der Waals surface area contributed by atoms with Gasteiger partial charge in [-0.05, 0) is 73.7 Å². The lowest BCUT2D eigenvalue weighted by atomic mass is 10.1. The van der Waals surface area contributed by atoms with E-state index in [1.54, 1.807) is 99.0 Å². The van der Waals surface area contributed by atoms with Crippen LogP contribution < -0.4 is 15.1 Å². The number of benzene rings is 3. The number of ether oxygens (including phenoxy) is 1. The molecule has 0 unspecified atom stereocenters. The van der Waals surface area contributed by atoms with E-state index in [0.717, 1.165) is 0 Å². The van der Waals surface area contributed by atoms with Crippen molar-refractivity contribution in [3.63, 3.8) is 0 Å². The number of carbonyl (C=O) groups is 2. The van der Waals surface area contributed by atoms with Crippen molar-refractivity contribution < 1.29 is 18.7 Å². The number of hydrazone groups is 1. The Bertz CT molecular complexity index is 1710. The van der Waals surface area contributed by atoms with Crippen LogP contribution in [0.2, 0.25) is 5.02 Å². The molecule has 0 aliphatic carbocycles. The molecule has 0 saturated heterocycles. The summed E-state index contributed by atoms with van der Waals surface area (Å²) in [5, 5.41) is 17.9. The van der Waals surface area contributed by atoms with Crippen molar-refractivity contribution in [1.82, 2.24) is 0 Å². The maximum atomic E-state index is 13.1. The molecule has 8 nitrogen and oxygen atoms in total. The van der Waals surface area contributed by atoms with Crippen LogP contribution in [0.3, 0.4) is 0 Å². The molecule has 0 atom stereocenters. The van der Waals surface area contributed by atoms with Gasteiger partial charge in [0.1, 0.15) is 17.3 Å². The second-order valence-electron chi connectivity index (χ2n) is 8.61. The molecule has 4 aromatic rings. The lowest BCUT2D eigenvalue weighted by molar-refractivity contribution is -0.114. The molecule has 1 aliphatic rings. The molecule has 3 aromatic carbocycles. The average Bonchev–Trinajstić information content (AvgIpc) is 3.53. The summed E-state index contributed by atoms with van der Waals surface area (Å²) >= 11 is 6.34. The molecular formula is C30H21ClN4O4. The van der Waals surface area contributed by atoms with E-state index in [-0.39, 0.29) is 22.4 Å². The normalized spacial score (nSPS) is 13.8. The minimum Gasteiger partial charge on any atom is -0.497 e. The first-order chi connectivity index (χ1) is 18.9. The zero-order valence-electron chi connectivity index (χ0n) is 20.9. The van der Waals surface area contributed by atoms with Crippen LogP contribution in [0.15, 0.2) is 94.0 Å². The molecule has 0 spiro atoms. The molecular weight excluding hydrogens is 516 g/mol. The van der Waals surface area contributed by atoms with Gasteiger partial charge in [-0.25, -0.2) is 0 Å². The van der Waals surface area contributed by atoms with Crippen LogP contribution in [0, 0.1) is 11.3 Å². The molecule has 9 heteroatoms. The summed E-state index contributed by atoms with van der Waals surface area (Å²) in [6, 6.07) is 24.2. The summed E-state index contributed by atoms with van der Waals surface area (Å²) < 4.78 is 11.2. The lowest BCUT2D eigenvalue weighted by Gasteiger charge is -2.11. The van der Waals surface area contributed by atoms with Crippen LogP contribution in [0.25, 0.3) is 17.4 Å². The molecule has 0 saturated carbocycles. The highest BCUT2D eigenvalue weighted by Gasteiger charge is 2.29. The Morgan fingerprint density at radius 1 is 1.10 bits per heavy atom. The van der Waals surface area contributed by atoms with Gasteiger partial charge < -0.3 is 14.5 Å². The summed E-state index contributed by atoms with van der Waals surface area (Å²) in [5.41, 5.74) is 3.30. The van der Waals surface area contributed by atoms with Crippen molar-refractivity contribution in [2.75, 3.05) is 17.4 Å². The summed E-state index contributed by atoms with van der Waals surface area (Å²) in [5.74, 6) is 0.835. The number of nitrogens with zero attached hydrogens (tertiary/aromatic N) is 3. The van der Waals surface area contributed by atoms with Crippen molar-refractivity contribution in [2.45, 2.75) is 6.92 Å². The van der Waals surface area contributed by atoms with E-state index in [1.807, 2.05) is 0 Å². The molecule has 0 bridgehead atoms. The van der Waals surface area contributed by atoms with E-state index >= 15 is 0 Å². The third kappa shape index (κ3) is 5.30. The first kappa shape index (κ1) is 25.5. The summed E-state index contributed by atoms with van der Waals surface area (Å²) in [4.78, 5) is 26.1. The van der Waals surface area contributed by atoms with Gasteiger partial charge in [-0.1, -0.05) is 23.7 Å². The van der Waals surface area contributed by atoms with Crippen molar-refractivity contribution >= 4 is 46.6 Å². The Kier molecular flexibility index (Phi) is 7.00. The number of halogens is 1. The fraction of sp³-hybridized carbons (Fsp3) is 0.0667. The van der Waals surface area contributed by atoms with Crippen molar-refractivity contribution in [3.05, 3.63) is 106 Å². The van der Waals surface area contributed by atoms with E-state index in [9.17, 15) is 9.59 Å². The number of anilines is 2. The molecule has 39 heavy (non-hydrogen) atoms. The molecule has 5 rings (SSSR count). The SMILES string of the molecule is COc1cccc(NC(=O)c2cc(-c3ccc(C=C4C(=O)N(c5cccc(C#N)c5)N=C4C)o3)ccc2Cl)c1. The Morgan fingerprint density at radius 3 is 2.72 bits per heavy atom. The number of nitriles is 1. The zero-order chi connectivity index (χ0) is 27.5. The van der Waals surface area contributed by atoms with Gasteiger partial charge in [0.15, 0.2) is 0 Å². The van der Waals surface area contributed by atoms with E-state index in [2.05, 4.69) is 16.5 Å². The highest BCUT2D eigenvalue weighted by atomic mass is 35.5. The predicted octanol–water partition coefficient (Wildman–Crippen LogP) is 6.54. The number of nitrogens with one attached hydrogen (secondary N) is 1. The quantitative estimate of drug-likeness (QED) is 0.281. The second kappa shape index (κ2) is 10.7. The van der Waals surface area contributed by atoms with Crippen LogP contribution in [-0.2, 0) is 4.79 Å². The maximum absolute atomic E-state index is 13.1. The highest BCUT2D eigenvalue weighted by molar-refractivity contribution is 6.34. The lowest BCUT2D eigenvalue weighted by Crippen LogP contribution is -2.21. The monoisotopic (exact) mass is 536 g/mol. The maximum Gasteiger partial charge on any atom is 0.280 e. The second-order valence-corrected chi connectivity index (χ2v) is 9.01. The van der Waals surface area contributed by atoms with Crippen LogP contribution in [-0.4, -0.2) is 24.6 Å². The number of rotatable bonds is 6. The molecule has 0 fully saturated rings. The van der Waals surface area contributed by atoms with E-state index in [1.165, 1.54) is 5.01 Å². The first-order valence-corrected chi connectivity index (χ1v) is 12.2. The largest absolute Gasteiger partial charge is 0.497 e. The van der Waals surface area contributed by atoms with Gasteiger partial charge in [0.05, 0.1) is 46.3 Å². The summed E-state index contributed by atoms with van der Waals surface area (Å²) in [7, 11) is 1.55. The molecule has 192 valence electrons. The van der Waals surface area contributed by atoms with Gasteiger partial charge in [0.2, 0.25) is 0 Å². The minimum absolute atomic E-state index is 0.275. The Morgan fingerprint density at radius 2 is 1.92 bits per heavy atom. The molecule has 2 amide bonds. The summed E-state index contributed by atoms with van der Waals surface area (Å²) in [6.45, 7) is 1.73. The molecule has 1 aliphatic heterocycles. The van der Waals surface area contributed by atoms with Crippen LogP contribution in [0.1, 0.15) is 28.6 Å².